The summed E-state index contributed by atoms with van der Waals surface area (Å²) < 4.78 is 38.6. The van der Waals surface area contributed by atoms with Gasteiger partial charge in [-0.2, -0.15) is 0 Å². The van der Waals surface area contributed by atoms with Crippen molar-refractivity contribution in [3.05, 3.63) is 90.0 Å². The maximum absolute atomic E-state index is 15.2. The number of alkyl carbamates (subject to hydrolysis) is 1. The van der Waals surface area contributed by atoms with E-state index in [1.54, 1.807) is 42.6 Å². The van der Waals surface area contributed by atoms with Crippen molar-refractivity contribution in [1.29, 1.82) is 0 Å². The number of H-pyrrole nitrogens is 1. The van der Waals surface area contributed by atoms with Gasteiger partial charge < -0.3 is 29.2 Å². The molecule has 0 atom stereocenters. The molecule has 1 amide bonds. The van der Waals surface area contributed by atoms with E-state index in [-0.39, 0.29) is 12.4 Å². The minimum atomic E-state index is -0.689. The molecular weight excluding hydrogens is 513 g/mol. The second kappa shape index (κ2) is 10.4. The summed E-state index contributed by atoms with van der Waals surface area (Å²) in [5.41, 5.74) is 2.45. The number of nitrogens with one attached hydrogen (secondary N) is 2. The number of aromatic amines is 1. The van der Waals surface area contributed by atoms with Gasteiger partial charge in [0.25, 0.3) is 0 Å². The number of methoxy groups -OCH3 is 1. The number of carbonyl (C=O) groups excluding carboxylic acids is 1. The first-order chi connectivity index (χ1) is 19.4. The Morgan fingerprint density at radius 2 is 1.82 bits per heavy atom. The third-order valence-electron chi connectivity index (χ3n) is 6.93. The van der Waals surface area contributed by atoms with Gasteiger partial charge >= 0.3 is 6.09 Å². The van der Waals surface area contributed by atoms with E-state index in [9.17, 15) is 4.79 Å². The van der Waals surface area contributed by atoms with Gasteiger partial charge in [0.2, 0.25) is 0 Å². The minimum Gasteiger partial charge on any atom is -0.493 e. The van der Waals surface area contributed by atoms with Gasteiger partial charge in [-0.15, -0.1) is 0 Å². The first-order valence-electron chi connectivity index (χ1n) is 13.0. The number of amides is 1. The number of rotatable bonds is 9. The van der Waals surface area contributed by atoms with E-state index in [0.29, 0.717) is 58.4 Å². The molecule has 40 heavy (non-hydrogen) atoms. The molecule has 0 radical (unpaired) electrons. The highest BCUT2D eigenvalue weighted by Crippen LogP contribution is 2.43. The van der Waals surface area contributed by atoms with E-state index in [1.165, 1.54) is 7.11 Å². The summed E-state index contributed by atoms with van der Waals surface area (Å²) in [7, 11) is 1.53. The molecule has 1 aliphatic carbocycles. The molecule has 0 bridgehead atoms. The van der Waals surface area contributed by atoms with Crippen molar-refractivity contribution in [1.82, 2.24) is 15.3 Å². The summed E-state index contributed by atoms with van der Waals surface area (Å²) in [6.07, 6.45) is 2.51. The van der Waals surface area contributed by atoms with Gasteiger partial charge in [-0.25, -0.2) is 9.18 Å². The lowest BCUT2D eigenvalue weighted by Gasteiger charge is -2.19. The van der Waals surface area contributed by atoms with Gasteiger partial charge in [0.05, 0.1) is 12.6 Å². The van der Waals surface area contributed by atoms with Crippen LogP contribution in [0.3, 0.4) is 0 Å². The lowest BCUT2D eigenvalue weighted by atomic mass is 10.1. The molecule has 0 spiro atoms. The van der Waals surface area contributed by atoms with Crippen molar-refractivity contribution >= 4 is 27.9 Å². The number of carbonyl (C=O) groups is 1. The zero-order valence-corrected chi connectivity index (χ0v) is 22.1. The summed E-state index contributed by atoms with van der Waals surface area (Å²) in [6, 6.07) is 19.9. The van der Waals surface area contributed by atoms with Gasteiger partial charge in [0.15, 0.2) is 23.1 Å². The van der Waals surface area contributed by atoms with Crippen LogP contribution in [-0.2, 0) is 11.3 Å². The molecule has 5 aromatic rings. The SMILES string of the molecule is COc1cc2c(Oc3ccc4[nH]c(C)cc4c3F)ccnc2cc1OCC1(OC(=O)NCc2ccccc2)CC1. The first kappa shape index (κ1) is 25.5. The second-order valence-corrected chi connectivity index (χ2v) is 9.92. The Kier molecular flexibility index (Phi) is 6.63. The Balaban J connectivity index is 1.17. The number of halogens is 1. The summed E-state index contributed by atoms with van der Waals surface area (Å²) in [5.74, 6) is 0.997. The van der Waals surface area contributed by atoms with E-state index in [4.69, 9.17) is 18.9 Å². The van der Waals surface area contributed by atoms with Gasteiger partial charge in [0, 0.05) is 40.8 Å². The van der Waals surface area contributed by atoms with Gasteiger partial charge in [0.1, 0.15) is 18.0 Å². The van der Waals surface area contributed by atoms with E-state index in [2.05, 4.69) is 15.3 Å². The van der Waals surface area contributed by atoms with Crippen LogP contribution in [0.15, 0.2) is 72.9 Å². The zero-order valence-electron chi connectivity index (χ0n) is 22.1. The predicted octanol–water partition coefficient (Wildman–Crippen LogP) is 6.80. The third kappa shape index (κ3) is 5.22. The lowest BCUT2D eigenvalue weighted by Crippen LogP contribution is -2.33. The standard InChI is InChI=1S/C31H28FN3O5/c1-19-14-22-23(35-19)8-9-26(29(22)32)39-25-10-13-33-24-16-28(27(37-2)15-21(24)25)38-18-31(11-12-31)40-30(36)34-17-20-6-4-3-5-7-20/h3-10,13-16,35H,11-12,17-18H2,1-2H3,(H,34,36). The van der Waals surface area contributed by atoms with Gasteiger partial charge in [-0.05, 0) is 55.7 Å². The molecule has 0 aliphatic heterocycles. The van der Waals surface area contributed by atoms with Crippen molar-refractivity contribution in [2.45, 2.75) is 31.9 Å². The third-order valence-corrected chi connectivity index (χ3v) is 6.93. The molecule has 8 nitrogen and oxygen atoms in total. The van der Waals surface area contributed by atoms with Crippen molar-refractivity contribution in [2.75, 3.05) is 13.7 Å². The maximum atomic E-state index is 15.2. The minimum absolute atomic E-state index is 0.108. The number of hydrogen-bond acceptors (Lipinski definition) is 6. The van der Waals surface area contributed by atoms with Crippen LogP contribution in [0.2, 0.25) is 0 Å². The summed E-state index contributed by atoms with van der Waals surface area (Å²) in [6.45, 7) is 2.43. The highest BCUT2D eigenvalue weighted by Gasteiger charge is 2.48. The Morgan fingerprint density at radius 1 is 1.00 bits per heavy atom. The monoisotopic (exact) mass is 541 g/mol. The fourth-order valence-corrected chi connectivity index (χ4v) is 4.60. The molecule has 2 heterocycles. The molecule has 9 heteroatoms. The average Bonchev–Trinajstić information content (AvgIpc) is 3.62. The fraction of sp³-hybridized carbons (Fsp3) is 0.226. The highest BCUT2D eigenvalue weighted by molar-refractivity contribution is 5.89. The molecule has 1 fully saturated rings. The predicted molar refractivity (Wildman–Crippen MR) is 149 cm³/mol. The number of pyridine rings is 1. The number of aromatic nitrogens is 2. The first-order valence-corrected chi connectivity index (χ1v) is 13.0. The van der Waals surface area contributed by atoms with Crippen LogP contribution in [0.25, 0.3) is 21.8 Å². The van der Waals surface area contributed by atoms with Crippen molar-refractivity contribution in [3.63, 3.8) is 0 Å². The van der Waals surface area contributed by atoms with Crippen molar-refractivity contribution in [3.8, 4) is 23.0 Å². The summed E-state index contributed by atoms with van der Waals surface area (Å²) >= 11 is 0. The van der Waals surface area contributed by atoms with Crippen LogP contribution in [0.1, 0.15) is 24.1 Å². The van der Waals surface area contributed by atoms with Crippen molar-refractivity contribution in [2.24, 2.45) is 0 Å². The average molecular weight is 542 g/mol. The molecule has 0 saturated heterocycles. The summed E-state index contributed by atoms with van der Waals surface area (Å²) in [5, 5.41) is 3.89. The normalized spacial score (nSPS) is 13.7. The van der Waals surface area contributed by atoms with E-state index in [0.717, 1.165) is 11.3 Å². The van der Waals surface area contributed by atoms with Gasteiger partial charge in [-0.3, -0.25) is 4.98 Å². The van der Waals surface area contributed by atoms with Crippen LogP contribution in [-0.4, -0.2) is 35.4 Å². The number of ether oxygens (including phenoxy) is 4. The molecular formula is C31H28FN3O5. The molecule has 1 saturated carbocycles. The molecule has 2 N–H and O–H groups in total. The number of fused-ring (bicyclic) bond motifs is 2. The molecule has 2 aromatic heterocycles. The Bertz CT molecular complexity index is 1700. The molecule has 0 unspecified atom stereocenters. The largest absolute Gasteiger partial charge is 0.493 e. The van der Waals surface area contributed by atoms with Crippen LogP contribution < -0.4 is 19.5 Å². The van der Waals surface area contributed by atoms with Crippen LogP contribution in [0, 0.1) is 12.7 Å². The Hall–Kier alpha value is -4.79. The number of aryl methyl sites for hydroxylation is 1. The topological polar surface area (TPSA) is 94.7 Å². The highest BCUT2D eigenvalue weighted by atomic mass is 19.1. The number of hydrogen-bond donors (Lipinski definition) is 2. The molecule has 1 aliphatic rings. The maximum Gasteiger partial charge on any atom is 0.408 e. The van der Waals surface area contributed by atoms with Crippen LogP contribution in [0.4, 0.5) is 9.18 Å². The van der Waals surface area contributed by atoms with E-state index in [1.807, 2.05) is 37.3 Å². The zero-order chi connectivity index (χ0) is 27.7. The lowest BCUT2D eigenvalue weighted by molar-refractivity contribution is 0.0475. The molecule has 204 valence electrons. The van der Waals surface area contributed by atoms with Gasteiger partial charge in [-0.1, -0.05) is 30.3 Å². The van der Waals surface area contributed by atoms with E-state index < -0.39 is 17.5 Å². The van der Waals surface area contributed by atoms with Crippen LogP contribution >= 0.6 is 0 Å². The van der Waals surface area contributed by atoms with Crippen molar-refractivity contribution < 1.29 is 28.1 Å². The van der Waals surface area contributed by atoms with Crippen LogP contribution in [0.5, 0.6) is 23.0 Å². The van der Waals surface area contributed by atoms with E-state index >= 15 is 4.39 Å². The smallest absolute Gasteiger partial charge is 0.408 e. The molecule has 3 aromatic carbocycles. The quantitative estimate of drug-likeness (QED) is 0.213. The molecule has 6 rings (SSSR count). The number of benzene rings is 3. The Labute approximate surface area is 230 Å². The fourth-order valence-electron chi connectivity index (χ4n) is 4.60. The summed E-state index contributed by atoms with van der Waals surface area (Å²) in [4.78, 5) is 20.0. The number of nitrogens with zero attached hydrogens (tertiary/aromatic N) is 1. The Morgan fingerprint density at radius 3 is 2.60 bits per heavy atom. The second-order valence-electron chi connectivity index (χ2n) is 9.92.